The molecule has 1 atom stereocenters. The van der Waals surface area contributed by atoms with Gasteiger partial charge in [0.05, 0.1) is 6.07 Å². The van der Waals surface area contributed by atoms with E-state index in [2.05, 4.69) is 4.99 Å². The van der Waals surface area contributed by atoms with E-state index in [0.29, 0.717) is 24.0 Å². The summed E-state index contributed by atoms with van der Waals surface area (Å²) in [5.74, 6) is -0.342. The number of rotatable bonds is 1. The molecular weight excluding hydrogens is 195 g/mol. The van der Waals surface area contributed by atoms with Crippen molar-refractivity contribution in [2.45, 2.75) is 18.4 Å². The van der Waals surface area contributed by atoms with Gasteiger partial charge in [0.1, 0.15) is 5.82 Å². The van der Waals surface area contributed by atoms with Gasteiger partial charge in [0.15, 0.2) is 5.54 Å². The lowest BCUT2D eigenvalue weighted by Gasteiger charge is -2.13. The molecule has 1 aliphatic rings. The normalized spacial score (nSPS) is 22.7. The SMILES string of the molecule is N#CC1(N=C=O)CCc2c(F)cccc21. The molecule has 1 aromatic carbocycles. The number of nitrogens with zero attached hydrogens (tertiary/aromatic N) is 2. The summed E-state index contributed by atoms with van der Waals surface area (Å²) in [5, 5.41) is 9.04. The Labute approximate surface area is 85.9 Å². The molecule has 15 heavy (non-hydrogen) atoms. The van der Waals surface area contributed by atoms with Gasteiger partial charge < -0.3 is 0 Å². The van der Waals surface area contributed by atoms with Crippen LogP contribution in [-0.2, 0) is 16.8 Å². The zero-order chi connectivity index (χ0) is 10.9. The molecule has 0 spiro atoms. The lowest BCUT2D eigenvalue weighted by Crippen LogP contribution is -2.17. The second-order valence-electron chi connectivity index (χ2n) is 3.44. The standard InChI is InChI=1S/C11H7FN2O/c12-10-3-1-2-9-8(10)4-5-11(9,6-13)14-7-15/h1-3H,4-5H2. The van der Waals surface area contributed by atoms with Crippen molar-refractivity contribution in [3.63, 3.8) is 0 Å². The van der Waals surface area contributed by atoms with Gasteiger partial charge in [0.25, 0.3) is 0 Å². The van der Waals surface area contributed by atoms with Crippen molar-refractivity contribution < 1.29 is 9.18 Å². The summed E-state index contributed by atoms with van der Waals surface area (Å²) in [6.45, 7) is 0. The number of nitriles is 1. The summed E-state index contributed by atoms with van der Waals surface area (Å²) in [7, 11) is 0. The van der Waals surface area contributed by atoms with Gasteiger partial charge in [-0.25, -0.2) is 9.18 Å². The highest BCUT2D eigenvalue weighted by molar-refractivity contribution is 5.48. The Morgan fingerprint density at radius 1 is 1.53 bits per heavy atom. The fourth-order valence-corrected chi connectivity index (χ4v) is 1.98. The number of carbonyl (C=O) groups excluding carboxylic acids is 1. The molecule has 3 nitrogen and oxygen atoms in total. The van der Waals surface area contributed by atoms with Crippen LogP contribution in [0.2, 0.25) is 0 Å². The van der Waals surface area contributed by atoms with Crippen LogP contribution in [0, 0.1) is 17.1 Å². The molecule has 0 heterocycles. The maximum atomic E-state index is 13.4. The van der Waals surface area contributed by atoms with Gasteiger partial charge in [-0.2, -0.15) is 10.3 Å². The van der Waals surface area contributed by atoms with Crippen LogP contribution < -0.4 is 0 Å². The summed E-state index contributed by atoms with van der Waals surface area (Å²) in [6.07, 6.45) is 2.17. The monoisotopic (exact) mass is 202 g/mol. The molecule has 0 saturated heterocycles. The topological polar surface area (TPSA) is 53.2 Å². The zero-order valence-corrected chi connectivity index (χ0v) is 7.83. The van der Waals surface area contributed by atoms with E-state index >= 15 is 0 Å². The van der Waals surface area contributed by atoms with Crippen molar-refractivity contribution in [1.29, 1.82) is 5.26 Å². The molecule has 0 aliphatic heterocycles. The highest BCUT2D eigenvalue weighted by atomic mass is 19.1. The predicted octanol–water partition coefficient (Wildman–Crippen LogP) is 1.83. The minimum atomic E-state index is -1.22. The van der Waals surface area contributed by atoms with Crippen molar-refractivity contribution in [2.75, 3.05) is 0 Å². The average molecular weight is 202 g/mol. The number of fused-ring (bicyclic) bond motifs is 1. The summed E-state index contributed by atoms with van der Waals surface area (Å²) in [6, 6.07) is 6.46. The van der Waals surface area contributed by atoms with Gasteiger partial charge in [-0.3, -0.25) is 0 Å². The van der Waals surface area contributed by atoms with E-state index in [1.807, 2.05) is 6.07 Å². The van der Waals surface area contributed by atoms with E-state index < -0.39 is 5.54 Å². The number of aliphatic imine (C=N–C) groups is 1. The maximum absolute atomic E-state index is 13.4. The molecular formula is C11H7FN2O. The third-order valence-corrected chi connectivity index (χ3v) is 2.72. The number of isocyanates is 1. The van der Waals surface area contributed by atoms with Crippen LogP contribution in [0.1, 0.15) is 17.5 Å². The molecule has 0 bridgehead atoms. The number of hydrogen-bond acceptors (Lipinski definition) is 3. The van der Waals surface area contributed by atoms with Crippen LogP contribution in [0.15, 0.2) is 23.2 Å². The predicted molar refractivity (Wildman–Crippen MR) is 50.1 cm³/mol. The van der Waals surface area contributed by atoms with Crippen LogP contribution in [0.4, 0.5) is 4.39 Å². The molecule has 2 rings (SSSR count). The fraction of sp³-hybridized carbons (Fsp3) is 0.273. The van der Waals surface area contributed by atoms with E-state index in [-0.39, 0.29) is 5.82 Å². The van der Waals surface area contributed by atoms with Crippen molar-refractivity contribution in [1.82, 2.24) is 0 Å². The van der Waals surface area contributed by atoms with Gasteiger partial charge in [-0.15, -0.1) is 0 Å². The third kappa shape index (κ3) is 1.25. The van der Waals surface area contributed by atoms with Crippen molar-refractivity contribution in [2.24, 2.45) is 4.99 Å². The summed E-state index contributed by atoms with van der Waals surface area (Å²) >= 11 is 0. The smallest absolute Gasteiger partial charge is 0.211 e. The van der Waals surface area contributed by atoms with Gasteiger partial charge >= 0.3 is 0 Å². The molecule has 4 heteroatoms. The third-order valence-electron chi connectivity index (χ3n) is 2.72. The Balaban J connectivity index is 2.67. The Kier molecular flexibility index (Phi) is 2.11. The largest absolute Gasteiger partial charge is 0.236 e. The van der Waals surface area contributed by atoms with Gasteiger partial charge in [0, 0.05) is 5.56 Å². The Morgan fingerprint density at radius 3 is 3.00 bits per heavy atom. The molecule has 1 aliphatic carbocycles. The van der Waals surface area contributed by atoms with E-state index in [1.54, 1.807) is 6.07 Å². The molecule has 0 fully saturated rings. The van der Waals surface area contributed by atoms with Crippen LogP contribution in [0.3, 0.4) is 0 Å². The van der Waals surface area contributed by atoms with Crippen LogP contribution in [-0.4, -0.2) is 6.08 Å². The van der Waals surface area contributed by atoms with Gasteiger partial charge in [-0.1, -0.05) is 12.1 Å². The number of benzene rings is 1. The summed E-state index contributed by atoms with van der Waals surface area (Å²) < 4.78 is 13.4. The van der Waals surface area contributed by atoms with E-state index in [1.165, 1.54) is 18.2 Å². The van der Waals surface area contributed by atoms with Crippen LogP contribution in [0.5, 0.6) is 0 Å². The second kappa shape index (κ2) is 3.30. The second-order valence-corrected chi connectivity index (χ2v) is 3.44. The average Bonchev–Trinajstić information content (AvgIpc) is 2.61. The minimum Gasteiger partial charge on any atom is -0.211 e. The maximum Gasteiger partial charge on any atom is 0.236 e. The number of halogens is 1. The van der Waals surface area contributed by atoms with E-state index in [9.17, 15) is 9.18 Å². The quantitative estimate of drug-likeness (QED) is 0.515. The van der Waals surface area contributed by atoms with Crippen molar-refractivity contribution >= 4 is 6.08 Å². The number of hydrogen-bond donors (Lipinski definition) is 0. The summed E-state index contributed by atoms with van der Waals surface area (Å²) in [4.78, 5) is 13.8. The van der Waals surface area contributed by atoms with Crippen LogP contribution in [0.25, 0.3) is 0 Å². The molecule has 0 aromatic heterocycles. The van der Waals surface area contributed by atoms with Gasteiger partial charge in [-0.05, 0) is 24.5 Å². The molecule has 1 unspecified atom stereocenters. The molecule has 0 saturated carbocycles. The summed E-state index contributed by atoms with van der Waals surface area (Å²) in [5.41, 5.74) is -0.245. The minimum absolute atomic E-state index is 0.342. The van der Waals surface area contributed by atoms with Crippen molar-refractivity contribution in [3.05, 3.63) is 35.1 Å². The first-order valence-corrected chi connectivity index (χ1v) is 4.52. The molecule has 1 aromatic rings. The lowest BCUT2D eigenvalue weighted by atomic mass is 9.94. The first-order valence-electron chi connectivity index (χ1n) is 4.52. The molecule has 74 valence electrons. The fourth-order valence-electron chi connectivity index (χ4n) is 1.98. The highest BCUT2D eigenvalue weighted by Crippen LogP contribution is 2.40. The first-order chi connectivity index (χ1) is 7.23. The van der Waals surface area contributed by atoms with Crippen LogP contribution >= 0.6 is 0 Å². The van der Waals surface area contributed by atoms with Crippen molar-refractivity contribution in [3.8, 4) is 6.07 Å². The molecule has 0 amide bonds. The lowest BCUT2D eigenvalue weighted by molar-refractivity contribution is 0.532. The van der Waals surface area contributed by atoms with E-state index in [0.717, 1.165) is 0 Å². The zero-order valence-electron chi connectivity index (χ0n) is 7.83. The first kappa shape index (κ1) is 9.57. The highest BCUT2D eigenvalue weighted by Gasteiger charge is 2.40. The van der Waals surface area contributed by atoms with Gasteiger partial charge in [0.2, 0.25) is 6.08 Å². The Bertz CT molecular complexity index is 500. The Hall–Kier alpha value is -1.98. The Morgan fingerprint density at radius 2 is 2.33 bits per heavy atom. The van der Waals surface area contributed by atoms with E-state index in [4.69, 9.17) is 5.26 Å². The molecule has 0 radical (unpaired) electrons. The molecule has 0 N–H and O–H groups in total.